The van der Waals surface area contributed by atoms with Gasteiger partial charge in [-0.15, -0.1) is 0 Å². The first-order valence-electron chi connectivity index (χ1n) is 5.13. The SMILES string of the molecule is CNC(C)C(=O)c1ccc(NC(C)=O)cc1. The smallest absolute Gasteiger partial charge is 0.221 e. The zero-order chi connectivity index (χ0) is 12.1. The molecule has 0 fully saturated rings. The molecule has 4 heteroatoms. The van der Waals surface area contributed by atoms with Crippen molar-refractivity contribution in [3.05, 3.63) is 29.8 Å². The molecule has 0 aliphatic carbocycles. The maximum absolute atomic E-state index is 11.8. The van der Waals surface area contributed by atoms with E-state index in [2.05, 4.69) is 10.6 Å². The lowest BCUT2D eigenvalue weighted by molar-refractivity contribution is -0.114. The Morgan fingerprint density at radius 1 is 1.19 bits per heavy atom. The topological polar surface area (TPSA) is 58.2 Å². The predicted octanol–water partition coefficient (Wildman–Crippen LogP) is 1.44. The van der Waals surface area contributed by atoms with E-state index < -0.39 is 0 Å². The first-order valence-corrected chi connectivity index (χ1v) is 5.13. The van der Waals surface area contributed by atoms with Gasteiger partial charge >= 0.3 is 0 Å². The highest BCUT2D eigenvalue weighted by Crippen LogP contribution is 2.11. The number of amides is 1. The second kappa shape index (κ2) is 5.42. The lowest BCUT2D eigenvalue weighted by Crippen LogP contribution is -2.30. The van der Waals surface area contributed by atoms with Crippen molar-refractivity contribution < 1.29 is 9.59 Å². The van der Waals surface area contributed by atoms with Gasteiger partial charge in [-0.3, -0.25) is 9.59 Å². The fourth-order valence-electron chi connectivity index (χ4n) is 1.30. The first-order chi connectivity index (χ1) is 7.54. The van der Waals surface area contributed by atoms with Crippen molar-refractivity contribution in [2.75, 3.05) is 12.4 Å². The molecule has 4 nitrogen and oxygen atoms in total. The number of rotatable bonds is 4. The third-order valence-electron chi connectivity index (χ3n) is 2.32. The van der Waals surface area contributed by atoms with Crippen LogP contribution in [-0.2, 0) is 4.79 Å². The molecule has 1 rings (SSSR count). The van der Waals surface area contributed by atoms with Gasteiger partial charge in [0.15, 0.2) is 5.78 Å². The molecule has 86 valence electrons. The first kappa shape index (κ1) is 12.4. The van der Waals surface area contributed by atoms with Crippen molar-refractivity contribution in [1.82, 2.24) is 5.32 Å². The summed E-state index contributed by atoms with van der Waals surface area (Å²) in [7, 11) is 1.74. The van der Waals surface area contributed by atoms with E-state index in [-0.39, 0.29) is 17.7 Å². The van der Waals surface area contributed by atoms with Gasteiger partial charge in [0.2, 0.25) is 5.91 Å². The number of benzene rings is 1. The Bertz CT molecular complexity index is 385. The van der Waals surface area contributed by atoms with E-state index in [0.29, 0.717) is 11.3 Å². The summed E-state index contributed by atoms with van der Waals surface area (Å²) in [5, 5.41) is 5.54. The minimum Gasteiger partial charge on any atom is -0.326 e. The molecule has 0 bridgehead atoms. The molecule has 0 radical (unpaired) electrons. The van der Waals surface area contributed by atoms with E-state index in [0.717, 1.165) is 0 Å². The fraction of sp³-hybridized carbons (Fsp3) is 0.333. The van der Waals surface area contributed by atoms with Crippen LogP contribution in [0.25, 0.3) is 0 Å². The van der Waals surface area contributed by atoms with Crippen LogP contribution in [0, 0.1) is 0 Å². The summed E-state index contributed by atoms with van der Waals surface area (Å²) in [4.78, 5) is 22.6. The summed E-state index contributed by atoms with van der Waals surface area (Å²) < 4.78 is 0. The average molecular weight is 220 g/mol. The molecule has 0 aliphatic rings. The van der Waals surface area contributed by atoms with Crippen molar-refractivity contribution in [3.63, 3.8) is 0 Å². The summed E-state index contributed by atoms with van der Waals surface area (Å²) >= 11 is 0. The quantitative estimate of drug-likeness (QED) is 0.755. The van der Waals surface area contributed by atoms with E-state index in [9.17, 15) is 9.59 Å². The standard InChI is InChI=1S/C12H16N2O2/c1-8(13-3)12(16)10-4-6-11(7-5-10)14-9(2)15/h4-8,13H,1-3H3,(H,14,15). The van der Waals surface area contributed by atoms with E-state index in [1.54, 1.807) is 31.3 Å². The van der Waals surface area contributed by atoms with Crippen molar-refractivity contribution in [1.29, 1.82) is 0 Å². The van der Waals surface area contributed by atoms with Gasteiger partial charge in [-0.05, 0) is 38.2 Å². The summed E-state index contributed by atoms with van der Waals surface area (Å²) in [6.07, 6.45) is 0. The maximum atomic E-state index is 11.8. The van der Waals surface area contributed by atoms with Gasteiger partial charge in [0.1, 0.15) is 0 Å². The number of hydrogen-bond acceptors (Lipinski definition) is 3. The van der Waals surface area contributed by atoms with Crippen LogP contribution in [0.3, 0.4) is 0 Å². The molecule has 0 spiro atoms. The molecule has 0 saturated carbocycles. The van der Waals surface area contributed by atoms with Gasteiger partial charge in [-0.1, -0.05) is 0 Å². The molecule has 0 heterocycles. The highest BCUT2D eigenvalue weighted by atomic mass is 16.1. The van der Waals surface area contributed by atoms with E-state index in [4.69, 9.17) is 0 Å². The van der Waals surface area contributed by atoms with Crippen LogP contribution < -0.4 is 10.6 Å². The number of anilines is 1. The Morgan fingerprint density at radius 2 is 1.75 bits per heavy atom. The molecule has 1 amide bonds. The molecule has 1 aromatic carbocycles. The molecule has 1 aromatic rings. The summed E-state index contributed by atoms with van der Waals surface area (Å²) in [5.74, 6) is -0.0838. The van der Waals surface area contributed by atoms with Gasteiger partial charge in [0.25, 0.3) is 0 Å². The summed E-state index contributed by atoms with van der Waals surface area (Å²) in [5.41, 5.74) is 1.33. The van der Waals surface area contributed by atoms with Crippen LogP contribution in [0.15, 0.2) is 24.3 Å². The Morgan fingerprint density at radius 3 is 2.19 bits per heavy atom. The lowest BCUT2D eigenvalue weighted by atomic mass is 10.1. The third-order valence-corrected chi connectivity index (χ3v) is 2.32. The minimum absolute atomic E-state index is 0.0388. The largest absolute Gasteiger partial charge is 0.326 e. The zero-order valence-corrected chi connectivity index (χ0v) is 9.70. The van der Waals surface area contributed by atoms with Crippen LogP contribution in [0.1, 0.15) is 24.2 Å². The number of carbonyl (C=O) groups is 2. The van der Waals surface area contributed by atoms with Crippen LogP contribution in [0.4, 0.5) is 5.69 Å². The normalized spacial score (nSPS) is 11.9. The molecule has 1 atom stereocenters. The van der Waals surface area contributed by atoms with Gasteiger partial charge in [0, 0.05) is 18.2 Å². The van der Waals surface area contributed by atoms with E-state index in [1.165, 1.54) is 6.92 Å². The molecule has 0 aromatic heterocycles. The Kier molecular flexibility index (Phi) is 4.19. The Labute approximate surface area is 95.0 Å². The highest BCUT2D eigenvalue weighted by Gasteiger charge is 2.12. The number of likely N-dealkylation sites (N-methyl/N-ethyl adjacent to an activating group) is 1. The van der Waals surface area contributed by atoms with E-state index >= 15 is 0 Å². The summed E-state index contributed by atoms with van der Waals surface area (Å²) in [6.45, 7) is 3.26. The number of nitrogens with one attached hydrogen (secondary N) is 2. The van der Waals surface area contributed by atoms with Crippen molar-refractivity contribution in [3.8, 4) is 0 Å². The minimum atomic E-state index is -0.202. The maximum Gasteiger partial charge on any atom is 0.221 e. The van der Waals surface area contributed by atoms with Gasteiger partial charge < -0.3 is 10.6 Å². The number of ketones is 1. The molecule has 16 heavy (non-hydrogen) atoms. The molecular formula is C12H16N2O2. The monoisotopic (exact) mass is 220 g/mol. The molecule has 2 N–H and O–H groups in total. The highest BCUT2D eigenvalue weighted by molar-refractivity contribution is 6.00. The fourth-order valence-corrected chi connectivity index (χ4v) is 1.30. The number of carbonyl (C=O) groups excluding carboxylic acids is 2. The van der Waals surface area contributed by atoms with Gasteiger partial charge in [-0.25, -0.2) is 0 Å². The van der Waals surface area contributed by atoms with Crippen molar-refractivity contribution >= 4 is 17.4 Å². The predicted molar refractivity (Wildman–Crippen MR) is 63.6 cm³/mol. The molecular weight excluding hydrogens is 204 g/mol. The molecule has 0 saturated heterocycles. The Hall–Kier alpha value is -1.68. The lowest BCUT2D eigenvalue weighted by Gasteiger charge is -2.09. The van der Waals surface area contributed by atoms with Crippen molar-refractivity contribution in [2.45, 2.75) is 19.9 Å². The van der Waals surface area contributed by atoms with Crippen LogP contribution >= 0.6 is 0 Å². The second-order valence-electron chi connectivity index (χ2n) is 3.63. The third kappa shape index (κ3) is 3.17. The van der Waals surface area contributed by atoms with Crippen molar-refractivity contribution in [2.24, 2.45) is 0 Å². The van der Waals surface area contributed by atoms with Crippen LogP contribution in [-0.4, -0.2) is 24.8 Å². The molecule has 1 unspecified atom stereocenters. The second-order valence-corrected chi connectivity index (χ2v) is 3.63. The van der Waals surface area contributed by atoms with Crippen LogP contribution in [0.2, 0.25) is 0 Å². The van der Waals surface area contributed by atoms with Gasteiger partial charge in [0.05, 0.1) is 6.04 Å². The van der Waals surface area contributed by atoms with E-state index in [1.807, 2.05) is 6.92 Å². The van der Waals surface area contributed by atoms with Crippen LogP contribution in [0.5, 0.6) is 0 Å². The number of hydrogen-bond donors (Lipinski definition) is 2. The Balaban J connectivity index is 2.78. The zero-order valence-electron chi connectivity index (χ0n) is 9.70. The summed E-state index contributed by atoms with van der Waals surface area (Å²) in [6, 6.07) is 6.66. The number of Topliss-reactive ketones (excluding diaryl/α,β-unsaturated/α-hetero) is 1. The molecule has 0 aliphatic heterocycles. The average Bonchev–Trinajstić information content (AvgIpc) is 2.27. The van der Waals surface area contributed by atoms with Gasteiger partial charge in [-0.2, -0.15) is 0 Å².